The molecule has 1 atom stereocenters. The molecule has 2 aliphatic rings. The fraction of sp³-hybridized carbons (Fsp3) is 0.545. The molecule has 1 fully saturated rings. The number of fused-ring (bicyclic) bond motifs is 1. The Hall–Kier alpha value is -1.79. The van der Waals surface area contributed by atoms with Crippen LogP contribution in [0.3, 0.4) is 0 Å². The molecule has 1 amide bonds. The Kier molecular flexibility index (Phi) is 6.07. The van der Waals surface area contributed by atoms with Crippen LogP contribution in [-0.2, 0) is 26.3 Å². The van der Waals surface area contributed by atoms with Gasteiger partial charge in [0, 0.05) is 55.5 Å². The summed E-state index contributed by atoms with van der Waals surface area (Å²) in [7, 11) is 4.21. The highest BCUT2D eigenvalue weighted by Crippen LogP contribution is 2.28. The molecule has 1 unspecified atom stereocenters. The van der Waals surface area contributed by atoms with E-state index in [0.29, 0.717) is 11.7 Å². The van der Waals surface area contributed by atoms with Crippen LogP contribution in [0, 0.1) is 0 Å². The van der Waals surface area contributed by atoms with E-state index in [-0.39, 0.29) is 5.91 Å². The van der Waals surface area contributed by atoms with E-state index in [2.05, 4.69) is 47.4 Å². The van der Waals surface area contributed by atoms with Crippen molar-refractivity contribution < 1.29 is 4.79 Å². The molecule has 1 aliphatic heterocycles. The second-order valence-corrected chi connectivity index (χ2v) is 9.14. The van der Waals surface area contributed by atoms with E-state index in [1.807, 2.05) is 28.4 Å². The molecule has 28 heavy (non-hydrogen) atoms. The average molecular weight is 399 g/mol. The third-order valence-corrected chi connectivity index (χ3v) is 7.09. The first-order valence-corrected chi connectivity index (χ1v) is 11.4. The highest BCUT2D eigenvalue weighted by molar-refractivity contribution is 7.99. The predicted molar refractivity (Wildman–Crippen MR) is 115 cm³/mol. The minimum Gasteiger partial charge on any atom is -0.336 e. The normalized spacial score (nSPS) is 19.7. The Morgan fingerprint density at radius 2 is 2.00 bits per heavy atom. The van der Waals surface area contributed by atoms with Crippen LogP contribution in [0.15, 0.2) is 30.3 Å². The maximum absolute atomic E-state index is 13.1. The maximum atomic E-state index is 13.1. The number of hydrogen-bond donors (Lipinski definition) is 0. The SMILES string of the molecule is CN(CCc1ccccc1)C1CCc2c(c(C(=O)N3CCSCC3)nn2C)C1. The zero-order valence-corrected chi connectivity index (χ0v) is 17.7. The summed E-state index contributed by atoms with van der Waals surface area (Å²) in [6.07, 6.45) is 4.12. The number of rotatable bonds is 5. The predicted octanol–water partition coefficient (Wildman–Crippen LogP) is 2.64. The topological polar surface area (TPSA) is 41.4 Å². The van der Waals surface area contributed by atoms with Gasteiger partial charge in [-0.3, -0.25) is 9.48 Å². The Labute approximate surface area is 172 Å². The monoisotopic (exact) mass is 398 g/mol. The first-order valence-electron chi connectivity index (χ1n) is 10.3. The number of amides is 1. The third-order valence-electron chi connectivity index (χ3n) is 6.15. The van der Waals surface area contributed by atoms with Crippen molar-refractivity contribution in [2.45, 2.75) is 31.7 Å². The van der Waals surface area contributed by atoms with Crippen molar-refractivity contribution in [2.24, 2.45) is 7.05 Å². The molecule has 0 N–H and O–H groups in total. The van der Waals surface area contributed by atoms with Crippen LogP contribution in [0.5, 0.6) is 0 Å². The van der Waals surface area contributed by atoms with E-state index in [0.717, 1.165) is 56.8 Å². The zero-order chi connectivity index (χ0) is 19.5. The van der Waals surface area contributed by atoms with Gasteiger partial charge in [-0.2, -0.15) is 16.9 Å². The molecule has 2 heterocycles. The van der Waals surface area contributed by atoms with Crippen LogP contribution < -0.4 is 0 Å². The highest BCUT2D eigenvalue weighted by atomic mass is 32.2. The van der Waals surface area contributed by atoms with Crippen molar-refractivity contribution in [1.29, 1.82) is 0 Å². The molecule has 1 aliphatic carbocycles. The molecule has 1 saturated heterocycles. The molecule has 4 rings (SSSR count). The lowest BCUT2D eigenvalue weighted by atomic mass is 9.90. The number of likely N-dealkylation sites (N-methyl/N-ethyl adjacent to an activating group) is 1. The minimum absolute atomic E-state index is 0.129. The van der Waals surface area contributed by atoms with Gasteiger partial charge in [-0.15, -0.1) is 0 Å². The van der Waals surface area contributed by atoms with E-state index in [1.54, 1.807) is 0 Å². The van der Waals surface area contributed by atoms with E-state index < -0.39 is 0 Å². The smallest absolute Gasteiger partial charge is 0.274 e. The first kappa shape index (κ1) is 19.5. The fourth-order valence-electron chi connectivity index (χ4n) is 4.37. The average Bonchev–Trinajstić information content (AvgIpc) is 3.08. The molecule has 0 spiro atoms. The number of nitrogens with zero attached hydrogens (tertiary/aromatic N) is 4. The molecule has 0 saturated carbocycles. The van der Waals surface area contributed by atoms with Gasteiger partial charge < -0.3 is 9.80 Å². The van der Waals surface area contributed by atoms with Crippen LogP contribution in [-0.4, -0.2) is 69.7 Å². The quantitative estimate of drug-likeness (QED) is 0.776. The van der Waals surface area contributed by atoms with Crippen molar-refractivity contribution in [2.75, 3.05) is 38.2 Å². The molecule has 150 valence electrons. The molecule has 6 heteroatoms. The van der Waals surface area contributed by atoms with Gasteiger partial charge in [0.1, 0.15) is 0 Å². The van der Waals surface area contributed by atoms with Crippen LogP contribution in [0.25, 0.3) is 0 Å². The molecule has 5 nitrogen and oxygen atoms in total. The summed E-state index contributed by atoms with van der Waals surface area (Å²) in [5, 5.41) is 4.65. The van der Waals surface area contributed by atoms with Crippen LogP contribution in [0.1, 0.15) is 33.7 Å². The minimum atomic E-state index is 0.129. The molecule has 2 aromatic rings. The number of thioether (sulfide) groups is 1. The van der Waals surface area contributed by atoms with Gasteiger partial charge in [-0.1, -0.05) is 30.3 Å². The zero-order valence-electron chi connectivity index (χ0n) is 16.9. The lowest BCUT2D eigenvalue weighted by molar-refractivity contribution is 0.0764. The van der Waals surface area contributed by atoms with Crippen molar-refractivity contribution in [3.63, 3.8) is 0 Å². The van der Waals surface area contributed by atoms with Crippen molar-refractivity contribution >= 4 is 17.7 Å². The summed E-state index contributed by atoms with van der Waals surface area (Å²) < 4.78 is 1.95. The van der Waals surface area contributed by atoms with Crippen LogP contribution >= 0.6 is 11.8 Å². The van der Waals surface area contributed by atoms with Gasteiger partial charge in [0.15, 0.2) is 5.69 Å². The highest BCUT2D eigenvalue weighted by Gasteiger charge is 2.32. The van der Waals surface area contributed by atoms with Crippen LogP contribution in [0.2, 0.25) is 0 Å². The number of carbonyl (C=O) groups is 1. The van der Waals surface area contributed by atoms with Gasteiger partial charge >= 0.3 is 0 Å². The number of aromatic nitrogens is 2. The molecular weight excluding hydrogens is 368 g/mol. The number of hydrogen-bond acceptors (Lipinski definition) is 4. The van der Waals surface area contributed by atoms with Crippen molar-refractivity contribution in [1.82, 2.24) is 19.6 Å². The maximum Gasteiger partial charge on any atom is 0.274 e. The summed E-state index contributed by atoms with van der Waals surface area (Å²) in [5.41, 5.74) is 4.52. The molecular formula is C22H30N4OS. The van der Waals surface area contributed by atoms with E-state index in [9.17, 15) is 4.79 Å². The summed E-state index contributed by atoms with van der Waals surface area (Å²) in [5.74, 6) is 2.20. The first-order chi connectivity index (χ1) is 13.6. The second-order valence-electron chi connectivity index (χ2n) is 7.91. The Morgan fingerprint density at radius 3 is 2.75 bits per heavy atom. The number of benzene rings is 1. The summed E-state index contributed by atoms with van der Waals surface area (Å²) in [6, 6.07) is 11.1. The standard InChI is InChI=1S/C22H30N4OS/c1-24(11-10-17-6-4-3-5-7-17)18-8-9-20-19(16-18)21(23-25(20)2)22(27)26-12-14-28-15-13-26/h3-7,18H,8-16H2,1-2H3. The van der Waals surface area contributed by atoms with Gasteiger partial charge in [0.2, 0.25) is 0 Å². The summed E-state index contributed by atoms with van der Waals surface area (Å²) in [4.78, 5) is 17.6. The van der Waals surface area contributed by atoms with E-state index in [1.165, 1.54) is 16.8 Å². The summed E-state index contributed by atoms with van der Waals surface area (Å²) >= 11 is 1.93. The van der Waals surface area contributed by atoms with Gasteiger partial charge in [0.25, 0.3) is 5.91 Å². The summed E-state index contributed by atoms with van der Waals surface area (Å²) in [6.45, 7) is 2.72. The Bertz CT molecular complexity index is 813. The molecule has 1 aromatic heterocycles. The number of carbonyl (C=O) groups excluding carboxylic acids is 1. The largest absolute Gasteiger partial charge is 0.336 e. The fourth-order valence-corrected chi connectivity index (χ4v) is 5.27. The third kappa shape index (κ3) is 4.13. The Balaban J connectivity index is 1.45. The molecule has 0 radical (unpaired) electrons. The molecule has 0 bridgehead atoms. The lowest BCUT2D eigenvalue weighted by Gasteiger charge is -2.32. The second kappa shape index (κ2) is 8.70. The van der Waals surface area contributed by atoms with Crippen molar-refractivity contribution in [3.05, 3.63) is 52.8 Å². The van der Waals surface area contributed by atoms with Crippen LogP contribution in [0.4, 0.5) is 0 Å². The van der Waals surface area contributed by atoms with E-state index in [4.69, 9.17) is 0 Å². The number of aryl methyl sites for hydroxylation is 1. The van der Waals surface area contributed by atoms with Gasteiger partial charge in [-0.05, 0) is 38.3 Å². The Morgan fingerprint density at radius 1 is 1.25 bits per heavy atom. The van der Waals surface area contributed by atoms with E-state index >= 15 is 0 Å². The molecule has 1 aromatic carbocycles. The lowest BCUT2D eigenvalue weighted by Crippen LogP contribution is -2.40. The van der Waals surface area contributed by atoms with Crippen molar-refractivity contribution in [3.8, 4) is 0 Å². The van der Waals surface area contributed by atoms with Gasteiger partial charge in [-0.25, -0.2) is 0 Å². The van der Waals surface area contributed by atoms with Gasteiger partial charge in [0.05, 0.1) is 0 Å².